The molecule has 16 heavy (non-hydrogen) atoms. The highest BCUT2D eigenvalue weighted by Crippen LogP contribution is 2.17. The largest absolute Gasteiger partial charge is 0.393 e. The van der Waals surface area contributed by atoms with Crippen LogP contribution in [0.3, 0.4) is 0 Å². The normalized spacial score (nSPS) is 11.3. The molecule has 0 spiro atoms. The Morgan fingerprint density at radius 3 is 2.38 bits per heavy atom. The number of anilines is 1. The molecule has 0 unspecified atom stereocenters. The predicted octanol–water partition coefficient (Wildman–Crippen LogP) is 1.28. The molecule has 2 N–H and O–H groups in total. The molecule has 0 aliphatic heterocycles. The molecule has 0 saturated heterocycles. The van der Waals surface area contributed by atoms with Gasteiger partial charge in [0.2, 0.25) is 0 Å². The van der Waals surface area contributed by atoms with E-state index < -0.39 is 0 Å². The van der Waals surface area contributed by atoms with Gasteiger partial charge >= 0.3 is 0 Å². The van der Waals surface area contributed by atoms with Crippen LogP contribution in [0.1, 0.15) is 38.4 Å². The third-order valence-corrected chi connectivity index (χ3v) is 3.03. The molecule has 92 valence electrons. The van der Waals surface area contributed by atoms with E-state index in [0.717, 1.165) is 18.5 Å². The quantitative estimate of drug-likeness (QED) is 0.824. The molecule has 5 nitrogen and oxygen atoms in total. The lowest BCUT2D eigenvalue weighted by atomic mass is 10.2. The van der Waals surface area contributed by atoms with Crippen molar-refractivity contribution in [3.63, 3.8) is 0 Å². The molecule has 0 saturated carbocycles. The van der Waals surface area contributed by atoms with Crippen LogP contribution >= 0.6 is 0 Å². The zero-order valence-corrected chi connectivity index (χ0v) is 10.5. The molecular formula is C11H21N3O2. The third kappa shape index (κ3) is 2.00. The van der Waals surface area contributed by atoms with E-state index in [2.05, 4.69) is 13.8 Å². The number of nitrogen functional groups attached to an aromatic ring is 1. The summed E-state index contributed by atoms with van der Waals surface area (Å²) in [7, 11) is 3.45. The van der Waals surface area contributed by atoms with Crippen LogP contribution in [0.25, 0.3) is 0 Å². The Morgan fingerprint density at radius 2 is 1.94 bits per heavy atom. The van der Waals surface area contributed by atoms with Crippen molar-refractivity contribution in [1.82, 2.24) is 9.36 Å². The van der Waals surface area contributed by atoms with Gasteiger partial charge in [0.25, 0.3) is 5.56 Å². The van der Waals surface area contributed by atoms with Crippen molar-refractivity contribution in [2.45, 2.75) is 39.3 Å². The monoisotopic (exact) mass is 227 g/mol. The van der Waals surface area contributed by atoms with Crippen molar-refractivity contribution in [1.29, 1.82) is 0 Å². The lowest BCUT2D eigenvalue weighted by Gasteiger charge is -2.17. The molecule has 0 atom stereocenters. The number of aromatic nitrogens is 2. The summed E-state index contributed by atoms with van der Waals surface area (Å²) in [5, 5.41) is 0. The zero-order valence-electron chi connectivity index (χ0n) is 10.5. The Hall–Kier alpha value is -1.23. The van der Waals surface area contributed by atoms with Gasteiger partial charge in [-0.2, -0.15) is 0 Å². The van der Waals surface area contributed by atoms with E-state index in [1.54, 1.807) is 11.8 Å². The summed E-state index contributed by atoms with van der Waals surface area (Å²) in [5.74, 6) is 0. The van der Waals surface area contributed by atoms with Crippen molar-refractivity contribution in [3.8, 4) is 0 Å². The molecule has 0 aliphatic rings. The minimum atomic E-state index is -0.108. The molecule has 1 aromatic rings. The van der Waals surface area contributed by atoms with Gasteiger partial charge in [-0.3, -0.25) is 9.48 Å². The van der Waals surface area contributed by atoms with Gasteiger partial charge in [0.1, 0.15) is 5.69 Å². The molecule has 1 aromatic heterocycles. The lowest BCUT2D eigenvalue weighted by Crippen LogP contribution is -2.26. The average molecular weight is 227 g/mol. The summed E-state index contributed by atoms with van der Waals surface area (Å²) >= 11 is 0. The van der Waals surface area contributed by atoms with Gasteiger partial charge in [-0.15, -0.1) is 0 Å². The number of ether oxygens (including phenoxy) is 1. The Bertz CT molecular complexity index is 402. The Kier molecular flexibility index (Phi) is 4.18. The molecule has 1 heterocycles. The van der Waals surface area contributed by atoms with Gasteiger partial charge in [0.15, 0.2) is 0 Å². The minimum Gasteiger partial charge on any atom is -0.393 e. The molecule has 0 amide bonds. The number of nitrogens with zero attached hydrogens (tertiary/aromatic N) is 2. The number of hydrogen-bond donors (Lipinski definition) is 1. The highest BCUT2D eigenvalue weighted by atomic mass is 16.5. The van der Waals surface area contributed by atoms with Crippen LogP contribution < -0.4 is 11.3 Å². The third-order valence-electron chi connectivity index (χ3n) is 3.03. The van der Waals surface area contributed by atoms with Gasteiger partial charge in [-0.05, 0) is 12.8 Å². The highest BCUT2D eigenvalue weighted by Gasteiger charge is 2.19. The Labute approximate surface area is 95.8 Å². The highest BCUT2D eigenvalue weighted by molar-refractivity contribution is 5.41. The van der Waals surface area contributed by atoms with Crippen molar-refractivity contribution < 1.29 is 4.74 Å². The van der Waals surface area contributed by atoms with Crippen molar-refractivity contribution in [2.24, 2.45) is 7.05 Å². The summed E-state index contributed by atoms with van der Waals surface area (Å²) < 4.78 is 8.60. The predicted molar refractivity (Wildman–Crippen MR) is 64.4 cm³/mol. The number of methoxy groups -OCH3 is 1. The first kappa shape index (κ1) is 12.8. The maximum Gasteiger partial charge on any atom is 0.290 e. The van der Waals surface area contributed by atoms with E-state index in [-0.39, 0.29) is 11.6 Å². The minimum absolute atomic E-state index is 0.108. The maximum absolute atomic E-state index is 12.0. The van der Waals surface area contributed by atoms with E-state index in [0.29, 0.717) is 12.3 Å². The lowest BCUT2D eigenvalue weighted by molar-refractivity contribution is 0.175. The van der Waals surface area contributed by atoms with Crippen LogP contribution in [0.5, 0.6) is 0 Å². The molecule has 0 fully saturated rings. The number of hydrogen-bond acceptors (Lipinski definition) is 3. The van der Waals surface area contributed by atoms with Crippen LogP contribution in [0.2, 0.25) is 0 Å². The summed E-state index contributed by atoms with van der Waals surface area (Å²) in [6, 6.07) is 0.199. The van der Waals surface area contributed by atoms with E-state index in [4.69, 9.17) is 10.5 Å². The second-order valence-electron chi connectivity index (χ2n) is 3.94. The van der Waals surface area contributed by atoms with Gasteiger partial charge in [-0.1, -0.05) is 13.8 Å². The van der Waals surface area contributed by atoms with Crippen LogP contribution in [-0.2, 0) is 18.4 Å². The molecule has 0 bridgehead atoms. The first-order chi connectivity index (χ1) is 7.58. The fourth-order valence-corrected chi connectivity index (χ4v) is 2.04. The van der Waals surface area contributed by atoms with Gasteiger partial charge in [-0.25, -0.2) is 4.68 Å². The number of nitrogens with two attached hydrogens (primary N) is 1. The molecule has 0 aliphatic carbocycles. The van der Waals surface area contributed by atoms with E-state index >= 15 is 0 Å². The molecule has 0 radical (unpaired) electrons. The smallest absolute Gasteiger partial charge is 0.290 e. The number of rotatable bonds is 5. The summed E-state index contributed by atoms with van der Waals surface area (Å²) in [6.45, 7) is 4.50. The fourth-order valence-electron chi connectivity index (χ4n) is 2.04. The zero-order chi connectivity index (χ0) is 12.3. The fraction of sp³-hybridized carbons (Fsp3) is 0.727. The summed E-state index contributed by atoms with van der Waals surface area (Å²) in [6.07, 6.45) is 1.83. The Morgan fingerprint density at radius 1 is 1.38 bits per heavy atom. The maximum atomic E-state index is 12.0. The van der Waals surface area contributed by atoms with Crippen LogP contribution in [0, 0.1) is 0 Å². The first-order valence-corrected chi connectivity index (χ1v) is 5.63. The Balaban J connectivity index is 3.30. The van der Waals surface area contributed by atoms with Crippen LogP contribution in [0.15, 0.2) is 4.79 Å². The van der Waals surface area contributed by atoms with E-state index in [1.165, 1.54) is 0 Å². The van der Waals surface area contributed by atoms with Gasteiger partial charge < -0.3 is 10.5 Å². The SMILES string of the molecule is CCC(CC)n1c(=O)c(N)c(COC)n1C. The van der Waals surface area contributed by atoms with Gasteiger partial charge in [0, 0.05) is 14.2 Å². The summed E-state index contributed by atoms with van der Waals surface area (Å²) in [5.41, 5.74) is 6.75. The van der Waals surface area contributed by atoms with Crippen molar-refractivity contribution in [2.75, 3.05) is 12.8 Å². The second kappa shape index (κ2) is 5.21. The molecule has 5 heteroatoms. The van der Waals surface area contributed by atoms with Crippen LogP contribution in [-0.4, -0.2) is 16.5 Å². The van der Waals surface area contributed by atoms with Crippen LogP contribution in [0.4, 0.5) is 5.69 Å². The first-order valence-electron chi connectivity index (χ1n) is 5.63. The van der Waals surface area contributed by atoms with Crippen molar-refractivity contribution >= 4 is 5.69 Å². The topological polar surface area (TPSA) is 62.2 Å². The average Bonchev–Trinajstić information content (AvgIpc) is 2.48. The van der Waals surface area contributed by atoms with Gasteiger partial charge in [0.05, 0.1) is 18.3 Å². The molecule has 1 rings (SSSR count). The van der Waals surface area contributed by atoms with Crippen molar-refractivity contribution in [3.05, 3.63) is 16.0 Å². The standard InChI is InChI=1S/C11H21N3O2/c1-5-8(6-2)14-11(15)10(12)9(7-16-4)13(14)3/h8H,5-7,12H2,1-4H3. The van der Waals surface area contributed by atoms with E-state index in [1.807, 2.05) is 11.7 Å². The van der Waals surface area contributed by atoms with E-state index in [9.17, 15) is 4.79 Å². The second-order valence-corrected chi connectivity index (χ2v) is 3.94. The molecular weight excluding hydrogens is 206 g/mol. The molecule has 0 aromatic carbocycles. The summed E-state index contributed by atoms with van der Waals surface area (Å²) in [4.78, 5) is 12.0.